The molecule has 0 aliphatic rings. The highest BCUT2D eigenvalue weighted by atomic mass is 16.6. The summed E-state index contributed by atoms with van der Waals surface area (Å²) in [6.07, 6.45) is 76.9. The van der Waals surface area contributed by atoms with Crippen LogP contribution in [0.1, 0.15) is 271 Å². The summed E-state index contributed by atoms with van der Waals surface area (Å²) in [4.78, 5) is 38.2. The molecule has 0 spiro atoms. The molecule has 1 atom stereocenters. The van der Waals surface area contributed by atoms with E-state index in [9.17, 15) is 14.4 Å². The standard InChI is InChI=1S/C64H108O6/c1-4-7-10-13-16-19-22-25-28-30-32-34-36-39-42-45-48-51-54-57-63(66)69-60-61(59-68-62(65)56-53-50-47-44-41-38-35-27-24-21-18-15-12-9-6-3)70-64(67)58-55-52-49-46-43-40-37-33-31-29-26-23-20-17-14-11-8-5-2/h7,10,16,18-19,21,25,27-28,32,34-35,39,42,48,51,61H,4-6,8-9,11-15,17,20,22-24,26,29-31,33,36-38,40-41,43-47,49-50,52-60H2,1-3H3/b10-7-,19-16-,21-18-,28-25-,34-32-,35-27-,42-39-,51-48-. The molecule has 0 N–H and O–H groups in total. The third kappa shape index (κ3) is 55.3. The molecule has 0 saturated carbocycles. The van der Waals surface area contributed by atoms with Crippen LogP contribution in [0.4, 0.5) is 0 Å². The molecule has 0 rings (SSSR count). The van der Waals surface area contributed by atoms with Gasteiger partial charge in [-0.15, -0.1) is 0 Å². The molecule has 0 aliphatic carbocycles. The van der Waals surface area contributed by atoms with Crippen LogP contribution in [0.25, 0.3) is 0 Å². The van der Waals surface area contributed by atoms with Crippen LogP contribution in [0, 0.1) is 0 Å². The van der Waals surface area contributed by atoms with Crippen LogP contribution in [0.5, 0.6) is 0 Å². The number of unbranched alkanes of at least 4 members (excludes halogenated alkanes) is 25. The van der Waals surface area contributed by atoms with E-state index in [-0.39, 0.29) is 37.5 Å². The van der Waals surface area contributed by atoms with E-state index in [1.807, 2.05) is 6.08 Å². The lowest BCUT2D eigenvalue weighted by Gasteiger charge is -2.18. The third-order valence-electron chi connectivity index (χ3n) is 12.3. The first-order chi connectivity index (χ1) is 34.5. The molecular weight excluding hydrogens is 865 g/mol. The topological polar surface area (TPSA) is 78.9 Å². The zero-order valence-corrected chi connectivity index (χ0v) is 45.8. The van der Waals surface area contributed by atoms with Gasteiger partial charge in [-0.1, -0.05) is 259 Å². The quantitative estimate of drug-likeness (QED) is 0.0262. The number of carbonyl (C=O) groups is 3. The van der Waals surface area contributed by atoms with Crippen LogP contribution in [0.2, 0.25) is 0 Å². The molecular formula is C64H108O6. The molecule has 0 aromatic rings. The average Bonchev–Trinajstić information content (AvgIpc) is 3.36. The van der Waals surface area contributed by atoms with Crippen molar-refractivity contribution in [2.24, 2.45) is 0 Å². The van der Waals surface area contributed by atoms with Crippen molar-refractivity contribution < 1.29 is 28.6 Å². The van der Waals surface area contributed by atoms with Gasteiger partial charge in [0.1, 0.15) is 13.2 Å². The molecule has 0 fully saturated rings. The summed E-state index contributed by atoms with van der Waals surface area (Å²) in [6.45, 7) is 6.44. The Labute approximate surface area is 432 Å². The number of esters is 3. The van der Waals surface area contributed by atoms with Crippen LogP contribution in [0.15, 0.2) is 97.2 Å². The zero-order chi connectivity index (χ0) is 50.7. The fourth-order valence-electron chi connectivity index (χ4n) is 7.97. The van der Waals surface area contributed by atoms with E-state index in [2.05, 4.69) is 112 Å². The molecule has 0 bridgehead atoms. The van der Waals surface area contributed by atoms with Crippen molar-refractivity contribution >= 4 is 17.9 Å². The van der Waals surface area contributed by atoms with E-state index in [0.29, 0.717) is 19.3 Å². The molecule has 0 heterocycles. The van der Waals surface area contributed by atoms with E-state index in [1.54, 1.807) is 0 Å². The molecule has 0 saturated heterocycles. The van der Waals surface area contributed by atoms with Gasteiger partial charge in [-0.25, -0.2) is 0 Å². The summed E-state index contributed by atoms with van der Waals surface area (Å²) in [5.41, 5.74) is 0. The third-order valence-corrected chi connectivity index (χ3v) is 12.3. The summed E-state index contributed by atoms with van der Waals surface area (Å²) < 4.78 is 16.8. The lowest BCUT2D eigenvalue weighted by Crippen LogP contribution is -2.30. The lowest BCUT2D eigenvalue weighted by molar-refractivity contribution is -0.166. The summed E-state index contributed by atoms with van der Waals surface area (Å²) in [6, 6.07) is 0. The highest BCUT2D eigenvalue weighted by Gasteiger charge is 2.19. The summed E-state index contributed by atoms with van der Waals surface area (Å²) in [5.74, 6) is -1.000. The highest BCUT2D eigenvalue weighted by molar-refractivity contribution is 5.71. The molecule has 70 heavy (non-hydrogen) atoms. The first-order valence-corrected chi connectivity index (χ1v) is 29.2. The SMILES string of the molecule is CC/C=C\C/C=C\C/C=C\C/C=C\C/C=C\C/C=C\CCC(=O)OCC(COC(=O)CCCCCCC/C=C\C/C=C\CCCCC)OC(=O)CCCCCCCCCCCCCCCCCCCC. The molecule has 0 aromatic carbocycles. The van der Waals surface area contributed by atoms with Crippen molar-refractivity contribution in [3.63, 3.8) is 0 Å². The van der Waals surface area contributed by atoms with E-state index in [0.717, 1.165) is 103 Å². The predicted octanol–water partition coefficient (Wildman–Crippen LogP) is 19.7. The number of hydrogen-bond donors (Lipinski definition) is 0. The average molecular weight is 974 g/mol. The fourth-order valence-corrected chi connectivity index (χ4v) is 7.97. The first kappa shape index (κ1) is 66.3. The maximum absolute atomic E-state index is 12.9. The van der Waals surface area contributed by atoms with Gasteiger partial charge in [-0.05, 0) is 89.9 Å². The monoisotopic (exact) mass is 973 g/mol. The predicted molar refractivity (Wildman–Crippen MR) is 302 cm³/mol. The van der Waals surface area contributed by atoms with Crippen molar-refractivity contribution in [3.8, 4) is 0 Å². The molecule has 400 valence electrons. The minimum absolute atomic E-state index is 0.107. The van der Waals surface area contributed by atoms with Crippen molar-refractivity contribution in [1.29, 1.82) is 0 Å². The molecule has 0 aromatic heterocycles. The van der Waals surface area contributed by atoms with Gasteiger partial charge in [0.05, 0.1) is 0 Å². The fraction of sp³-hybridized carbons (Fsp3) is 0.703. The van der Waals surface area contributed by atoms with Gasteiger partial charge in [0.25, 0.3) is 0 Å². The lowest BCUT2D eigenvalue weighted by atomic mass is 10.0. The molecule has 0 radical (unpaired) electrons. The molecule has 1 unspecified atom stereocenters. The number of allylic oxidation sites excluding steroid dienone is 16. The van der Waals surface area contributed by atoms with Gasteiger partial charge in [-0.2, -0.15) is 0 Å². The first-order valence-electron chi connectivity index (χ1n) is 29.2. The normalized spacial score (nSPS) is 12.8. The number of carbonyl (C=O) groups excluding carboxylic acids is 3. The van der Waals surface area contributed by atoms with E-state index in [4.69, 9.17) is 14.2 Å². The largest absolute Gasteiger partial charge is 0.462 e. The van der Waals surface area contributed by atoms with E-state index < -0.39 is 6.10 Å². The smallest absolute Gasteiger partial charge is 0.306 e. The number of ether oxygens (including phenoxy) is 3. The Kier molecular flexibility index (Phi) is 54.9. The Balaban J connectivity index is 4.50. The van der Waals surface area contributed by atoms with Crippen molar-refractivity contribution in [2.75, 3.05) is 13.2 Å². The van der Waals surface area contributed by atoms with Gasteiger partial charge in [0.15, 0.2) is 6.10 Å². The summed E-state index contributed by atoms with van der Waals surface area (Å²) in [7, 11) is 0. The van der Waals surface area contributed by atoms with Crippen LogP contribution < -0.4 is 0 Å². The molecule has 6 nitrogen and oxygen atoms in total. The van der Waals surface area contributed by atoms with Gasteiger partial charge in [0, 0.05) is 19.3 Å². The van der Waals surface area contributed by atoms with Gasteiger partial charge in [-0.3, -0.25) is 14.4 Å². The Morgan fingerprint density at radius 2 is 0.586 bits per heavy atom. The second-order valence-corrected chi connectivity index (χ2v) is 19.2. The minimum atomic E-state index is -0.813. The Morgan fingerprint density at radius 1 is 0.300 bits per heavy atom. The summed E-state index contributed by atoms with van der Waals surface area (Å²) in [5, 5.41) is 0. The van der Waals surface area contributed by atoms with Crippen LogP contribution in [-0.4, -0.2) is 37.2 Å². The van der Waals surface area contributed by atoms with E-state index >= 15 is 0 Å². The van der Waals surface area contributed by atoms with Crippen LogP contribution in [-0.2, 0) is 28.6 Å². The van der Waals surface area contributed by atoms with Crippen LogP contribution >= 0.6 is 0 Å². The second-order valence-electron chi connectivity index (χ2n) is 19.2. The minimum Gasteiger partial charge on any atom is -0.462 e. The zero-order valence-electron chi connectivity index (χ0n) is 45.8. The summed E-state index contributed by atoms with van der Waals surface area (Å²) >= 11 is 0. The molecule has 0 aliphatic heterocycles. The molecule has 0 amide bonds. The number of hydrogen-bond acceptors (Lipinski definition) is 6. The van der Waals surface area contributed by atoms with E-state index in [1.165, 1.54) is 122 Å². The maximum Gasteiger partial charge on any atom is 0.306 e. The van der Waals surface area contributed by atoms with Crippen molar-refractivity contribution in [2.45, 2.75) is 277 Å². The Morgan fingerprint density at radius 3 is 0.986 bits per heavy atom. The Hall–Kier alpha value is -3.67. The Bertz CT molecular complexity index is 1400. The van der Waals surface area contributed by atoms with Gasteiger partial charge in [0.2, 0.25) is 0 Å². The maximum atomic E-state index is 12.9. The van der Waals surface area contributed by atoms with Crippen molar-refractivity contribution in [1.82, 2.24) is 0 Å². The van der Waals surface area contributed by atoms with Gasteiger partial charge >= 0.3 is 17.9 Å². The number of rotatable bonds is 52. The van der Waals surface area contributed by atoms with Crippen LogP contribution in [0.3, 0.4) is 0 Å². The highest BCUT2D eigenvalue weighted by Crippen LogP contribution is 2.16. The molecule has 6 heteroatoms. The van der Waals surface area contributed by atoms with Crippen molar-refractivity contribution in [3.05, 3.63) is 97.2 Å². The second kappa shape index (κ2) is 57.9. The van der Waals surface area contributed by atoms with Gasteiger partial charge < -0.3 is 14.2 Å².